The Labute approximate surface area is 158 Å². The van der Waals surface area contributed by atoms with E-state index in [4.69, 9.17) is 24.5 Å². The van der Waals surface area contributed by atoms with Crippen molar-refractivity contribution in [2.45, 2.75) is 46.3 Å². The van der Waals surface area contributed by atoms with Crippen molar-refractivity contribution in [3.8, 4) is 5.88 Å². The molecule has 0 aromatic carbocycles. The van der Waals surface area contributed by atoms with Gasteiger partial charge in [0, 0.05) is 6.20 Å². The first-order valence-electron chi connectivity index (χ1n) is 7.75. The Balaban J connectivity index is 0.00000112. The van der Waals surface area contributed by atoms with Crippen LogP contribution in [0.3, 0.4) is 0 Å². The Morgan fingerprint density at radius 3 is 1.87 bits per heavy atom. The number of halogens is 2. The Morgan fingerprint density at radius 2 is 1.48 bits per heavy atom. The van der Waals surface area contributed by atoms with Gasteiger partial charge in [0.2, 0.25) is 0 Å². The molecule has 0 bridgehead atoms. The molecule has 0 radical (unpaired) electrons. The molecule has 1 fully saturated rings. The van der Waals surface area contributed by atoms with Crippen LogP contribution in [0.4, 0.5) is 0 Å². The van der Waals surface area contributed by atoms with Crippen LogP contribution in [0, 0.1) is 31.1 Å². The van der Waals surface area contributed by atoms with Gasteiger partial charge in [-0.05, 0) is 54.4 Å². The van der Waals surface area contributed by atoms with Crippen molar-refractivity contribution >= 4 is 28.4 Å². The van der Waals surface area contributed by atoms with E-state index in [9.17, 15) is 0 Å². The van der Waals surface area contributed by atoms with Crippen molar-refractivity contribution in [1.29, 1.82) is 0 Å². The normalized spacial score (nSPS) is 29.8. The van der Waals surface area contributed by atoms with E-state index in [-0.39, 0.29) is 20.8 Å². The third kappa shape index (κ3) is 5.94. The first kappa shape index (κ1) is 23.3. The minimum atomic E-state index is -1.78. The molecule has 4 unspecified atom stereocenters. The predicted octanol–water partition coefficient (Wildman–Crippen LogP) is 6.42. The summed E-state index contributed by atoms with van der Waals surface area (Å²) in [7, 11) is 7.87. The molecular formula is C17H30Cl2CrNOSi. The first-order chi connectivity index (χ1) is 10.3. The third-order valence-corrected chi connectivity index (χ3v) is 8.82. The standard InChI is InChI=1S/C16H27NOSi.CH3.2ClH.Cr/c1-11-12(2)14(4)16(13(11)3)19(5,6)18-15-9-7-8-10-17-15;;;;/h7-14,16H,1-6H3;1H3;2*1H;/q;-1;;;+3/p-2. The van der Waals surface area contributed by atoms with Crippen LogP contribution in [-0.4, -0.2) is 13.3 Å². The van der Waals surface area contributed by atoms with Gasteiger partial charge in [-0.1, -0.05) is 33.8 Å². The minimum absolute atomic E-state index is 0. The van der Waals surface area contributed by atoms with Crippen LogP contribution in [0.15, 0.2) is 24.4 Å². The second-order valence-corrected chi connectivity index (χ2v) is 13.1. The zero-order valence-corrected chi connectivity index (χ0v) is 19.0. The van der Waals surface area contributed by atoms with Crippen LogP contribution >= 0.6 is 20.1 Å². The Bertz CT molecular complexity index is 435. The van der Waals surface area contributed by atoms with E-state index < -0.39 is 8.32 Å². The summed E-state index contributed by atoms with van der Waals surface area (Å²) in [5.41, 5.74) is 0.708. The summed E-state index contributed by atoms with van der Waals surface area (Å²) in [5.74, 6) is 3.87. The summed E-state index contributed by atoms with van der Waals surface area (Å²) in [5, 5.41) is 0. The van der Waals surface area contributed by atoms with Crippen LogP contribution in [0.1, 0.15) is 27.7 Å². The second kappa shape index (κ2) is 10.3. The Morgan fingerprint density at radius 1 is 1.00 bits per heavy atom. The van der Waals surface area contributed by atoms with Gasteiger partial charge in [0.25, 0.3) is 8.32 Å². The summed E-state index contributed by atoms with van der Waals surface area (Å²) < 4.78 is 6.35. The van der Waals surface area contributed by atoms with Crippen molar-refractivity contribution in [3.63, 3.8) is 0 Å². The van der Waals surface area contributed by atoms with Gasteiger partial charge < -0.3 is 11.9 Å². The fourth-order valence-electron chi connectivity index (χ4n) is 4.10. The molecular weight excluding hydrogens is 385 g/mol. The summed E-state index contributed by atoms with van der Waals surface area (Å²) in [6.07, 6.45) is 1.81. The number of rotatable bonds is 3. The van der Waals surface area contributed by atoms with Crippen LogP contribution in [-0.2, 0) is 13.4 Å². The number of nitrogens with zero attached hydrogens (tertiary/aromatic N) is 1. The average Bonchev–Trinajstić information content (AvgIpc) is 2.65. The summed E-state index contributed by atoms with van der Waals surface area (Å²) in [4.78, 5) is 4.34. The summed E-state index contributed by atoms with van der Waals surface area (Å²) >= 11 is -0.181. The molecule has 0 spiro atoms. The molecule has 2 nitrogen and oxygen atoms in total. The van der Waals surface area contributed by atoms with E-state index in [0.29, 0.717) is 5.54 Å². The molecule has 1 aliphatic carbocycles. The van der Waals surface area contributed by atoms with Gasteiger partial charge >= 0.3 is 33.5 Å². The van der Waals surface area contributed by atoms with Crippen LogP contribution in [0.2, 0.25) is 18.6 Å². The van der Waals surface area contributed by atoms with Crippen molar-refractivity contribution < 1.29 is 17.8 Å². The molecule has 1 aromatic rings. The summed E-state index contributed by atoms with van der Waals surface area (Å²) in [6.45, 7) is 14.3. The average molecular weight is 415 g/mol. The van der Waals surface area contributed by atoms with Crippen molar-refractivity contribution in [2.24, 2.45) is 23.7 Å². The van der Waals surface area contributed by atoms with Gasteiger partial charge in [-0.2, -0.15) is 0 Å². The van der Waals surface area contributed by atoms with Crippen LogP contribution in [0.5, 0.6) is 5.88 Å². The number of pyridine rings is 1. The SMILES string of the molecule is CC1C(C)C(C)C([Si](C)(C)Oc2ccccn2)C1C.[CH3-].[Cl][Cr+][Cl]. The van der Waals surface area contributed by atoms with Gasteiger partial charge in [0.05, 0.1) is 0 Å². The molecule has 1 heterocycles. The fourth-order valence-corrected chi connectivity index (χ4v) is 8.04. The molecule has 2 rings (SSSR count). The van der Waals surface area contributed by atoms with Crippen molar-refractivity contribution in [1.82, 2.24) is 4.98 Å². The van der Waals surface area contributed by atoms with Gasteiger partial charge in [-0.3, -0.25) is 0 Å². The van der Waals surface area contributed by atoms with E-state index in [1.54, 1.807) is 0 Å². The fraction of sp³-hybridized carbons (Fsp3) is 0.647. The van der Waals surface area contributed by atoms with E-state index >= 15 is 0 Å². The Kier molecular flexibility index (Phi) is 10.4. The molecule has 23 heavy (non-hydrogen) atoms. The van der Waals surface area contributed by atoms with E-state index in [1.807, 2.05) is 24.4 Å². The summed E-state index contributed by atoms with van der Waals surface area (Å²) in [6, 6.07) is 5.91. The van der Waals surface area contributed by atoms with Gasteiger partial charge in [0.1, 0.15) is 0 Å². The van der Waals surface area contributed by atoms with Crippen molar-refractivity contribution in [2.75, 3.05) is 0 Å². The molecule has 1 aliphatic rings. The van der Waals surface area contributed by atoms with Gasteiger partial charge in [-0.25, -0.2) is 4.98 Å². The topological polar surface area (TPSA) is 22.1 Å². The first-order valence-corrected chi connectivity index (χ1v) is 14.2. The van der Waals surface area contributed by atoms with Gasteiger partial charge in [0.15, 0.2) is 5.88 Å². The number of aromatic nitrogens is 1. The van der Waals surface area contributed by atoms with Crippen LogP contribution in [0.25, 0.3) is 0 Å². The van der Waals surface area contributed by atoms with E-state index in [1.165, 1.54) is 0 Å². The molecule has 0 amide bonds. The molecule has 6 heteroatoms. The zero-order chi connectivity index (χ0) is 16.9. The van der Waals surface area contributed by atoms with Crippen LogP contribution < -0.4 is 4.43 Å². The monoisotopic (exact) mass is 414 g/mol. The number of hydrogen-bond acceptors (Lipinski definition) is 2. The zero-order valence-electron chi connectivity index (χ0n) is 15.2. The predicted molar refractivity (Wildman–Crippen MR) is 101 cm³/mol. The molecule has 0 saturated heterocycles. The molecule has 1 aromatic heterocycles. The Hall–Kier alpha value is 0.279. The maximum atomic E-state index is 6.35. The molecule has 0 aliphatic heterocycles. The number of hydrogen-bond donors (Lipinski definition) is 0. The molecule has 133 valence electrons. The molecule has 1 saturated carbocycles. The maximum absolute atomic E-state index is 6.35. The van der Waals surface area contributed by atoms with Gasteiger partial charge in [-0.15, -0.1) is 0 Å². The third-order valence-electron chi connectivity index (χ3n) is 5.43. The van der Waals surface area contributed by atoms with E-state index in [0.717, 1.165) is 29.6 Å². The van der Waals surface area contributed by atoms with Crippen molar-refractivity contribution in [3.05, 3.63) is 31.8 Å². The molecule has 4 atom stereocenters. The van der Waals surface area contributed by atoms with E-state index in [2.05, 4.69) is 45.8 Å². The quantitative estimate of drug-likeness (QED) is 0.420. The molecule has 0 N–H and O–H groups in total. The second-order valence-electron chi connectivity index (χ2n) is 6.89.